The molecule has 0 fully saturated rings. The van der Waals surface area contributed by atoms with Gasteiger partial charge in [-0.25, -0.2) is 0 Å². The molecule has 0 aliphatic heterocycles. The van der Waals surface area contributed by atoms with Crippen LogP contribution in [0.1, 0.15) is 80.9 Å². The van der Waals surface area contributed by atoms with Gasteiger partial charge in [0.1, 0.15) is 11.5 Å². The monoisotopic (exact) mass is 487 g/mol. The Morgan fingerprint density at radius 2 is 1.35 bits per heavy atom. The summed E-state index contributed by atoms with van der Waals surface area (Å²) in [6.07, 6.45) is 4.53. The van der Waals surface area contributed by atoms with Crippen LogP contribution in [0.2, 0.25) is 0 Å². The van der Waals surface area contributed by atoms with Crippen LogP contribution in [-0.2, 0) is 37.0 Å². The molecule has 1 radical (unpaired) electrons. The number of benzene rings is 2. The molecule has 4 rings (SSSR count). The fourth-order valence-corrected chi connectivity index (χ4v) is 4.14. The average Bonchev–Trinajstić information content (AvgIpc) is 3.25. The summed E-state index contributed by atoms with van der Waals surface area (Å²) >= 11 is 0. The fourth-order valence-electron chi connectivity index (χ4n) is 4.14. The predicted octanol–water partition coefficient (Wildman–Crippen LogP) is 8.26. The van der Waals surface area contributed by atoms with E-state index in [1.165, 1.54) is 38.9 Å². The third-order valence-corrected chi connectivity index (χ3v) is 6.08. The molecule has 1 nitrogen and oxygen atoms in total. The molecule has 1 aliphatic carbocycles. The summed E-state index contributed by atoms with van der Waals surface area (Å²) in [6, 6.07) is 15.7. The molecule has 2 heteroatoms. The topological polar surface area (TPSA) is 13.1 Å². The van der Waals surface area contributed by atoms with Gasteiger partial charge in [-0.05, 0) is 81.8 Å². The van der Waals surface area contributed by atoms with Gasteiger partial charge in [0, 0.05) is 38.2 Å². The molecule has 1 heterocycles. The second-order valence-corrected chi connectivity index (χ2v) is 10.7. The molecule has 0 spiro atoms. The van der Waals surface area contributed by atoms with Crippen molar-refractivity contribution in [2.24, 2.45) is 0 Å². The number of furan rings is 1. The van der Waals surface area contributed by atoms with Gasteiger partial charge in [0.25, 0.3) is 0 Å². The second kappa shape index (κ2) is 8.36. The molecular weight excluding hydrogens is 456 g/mol. The van der Waals surface area contributed by atoms with E-state index in [1.807, 2.05) is 13.0 Å². The Bertz CT molecular complexity index is 1110. The number of aryl methyl sites for hydroxylation is 2. The third kappa shape index (κ3) is 4.75. The summed E-state index contributed by atoms with van der Waals surface area (Å²) in [4.78, 5) is 0. The van der Waals surface area contributed by atoms with Crippen LogP contribution in [0.25, 0.3) is 22.8 Å². The molecule has 2 aromatic carbocycles. The molecule has 1 aromatic heterocycles. The smallest absolute Gasteiger partial charge is 0.130 e. The Morgan fingerprint density at radius 3 is 1.87 bits per heavy atom. The molecule has 159 valence electrons. The molecule has 0 N–H and O–H groups in total. The molecule has 0 unspecified atom stereocenters. The molecule has 0 atom stereocenters. The van der Waals surface area contributed by atoms with E-state index in [1.54, 1.807) is 0 Å². The third-order valence-electron chi connectivity index (χ3n) is 6.08. The average molecular weight is 489 g/mol. The molecule has 3 aromatic rings. The zero-order chi connectivity index (χ0) is 21.8. The van der Waals surface area contributed by atoms with Crippen LogP contribution in [0.4, 0.5) is 0 Å². The van der Waals surface area contributed by atoms with Gasteiger partial charge in [-0.2, -0.15) is 0 Å². The van der Waals surface area contributed by atoms with E-state index in [2.05, 4.69) is 97.4 Å². The predicted molar refractivity (Wildman–Crippen MR) is 129 cm³/mol. The van der Waals surface area contributed by atoms with E-state index in [9.17, 15) is 0 Å². The minimum absolute atomic E-state index is 0. The van der Waals surface area contributed by atoms with Crippen LogP contribution in [0.5, 0.6) is 0 Å². The molecule has 31 heavy (non-hydrogen) atoms. The van der Waals surface area contributed by atoms with Crippen molar-refractivity contribution in [2.75, 3.05) is 0 Å². The quantitative estimate of drug-likeness (QED) is 0.354. The summed E-state index contributed by atoms with van der Waals surface area (Å²) in [6.45, 7) is 18.0. The Labute approximate surface area is 207 Å². The minimum atomic E-state index is 0. The molecular formula is C29H33OZr. The van der Waals surface area contributed by atoms with Gasteiger partial charge >= 0.3 is 0 Å². The summed E-state index contributed by atoms with van der Waals surface area (Å²) in [7, 11) is 0. The van der Waals surface area contributed by atoms with Crippen molar-refractivity contribution in [3.8, 4) is 11.1 Å². The van der Waals surface area contributed by atoms with Gasteiger partial charge in [0.2, 0.25) is 0 Å². The first-order chi connectivity index (χ1) is 13.9. The fraction of sp³-hybridized carbons (Fsp3) is 0.345. The van der Waals surface area contributed by atoms with Gasteiger partial charge < -0.3 is 4.42 Å². The van der Waals surface area contributed by atoms with E-state index >= 15 is 0 Å². The first-order valence-corrected chi connectivity index (χ1v) is 10.9. The van der Waals surface area contributed by atoms with E-state index in [0.717, 1.165) is 17.1 Å². The zero-order valence-electron chi connectivity index (χ0n) is 20.1. The van der Waals surface area contributed by atoms with Crippen molar-refractivity contribution >= 4 is 11.6 Å². The maximum Gasteiger partial charge on any atom is 0.130 e. The van der Waals surface area contributed by atoms with E-state index in [-0.39, 0.29) is 37.0 Å². The standard InChI is InChI=1S/C29H33O.Zr/c1-18-9-11-20-13-21(26-12-10-19(2)30-26)16-25(20)27(18)22-14-23(28(3,4)5)17-24(15-22)29(6,7)8;/h9-17H,1-8H3;. The van der Waals surface area contributed by atoms with Gasteiger partial charge in [0.05, 0.1) is 0 Å². The van der Waals surface area contributed by atoms with E-state index in [0.29, 0.717) is 0 Å². The Morgan fingerprint density at radius 1 is 0.742 bits per heavy atom. The van der Waals surface area contributed by atoms with Gasteiger partial charge in [-0.3, -0.25) is 0 Å². The van der Waals surface area contributed by atoms with Crippen LogP contribution in [0.3, 0.4) is 0 Å². The second-order valence-electron chi connectivity index (χ2n) is 10.7. The Balaban J connectivity index is 0.00000272. The summed E-state index contributed by atoms with van der Waals surface area (Å²) in [5.74, 6) is 1.88. The number of hydrogen-bond acceptors (Lipinski definition) is 1. The molecule has 0 saturated heterocycles. The largest absolute Gasteiger partial charge is 0.462 e. The Hall–Kier alpha value is -1.66. The maximum atomic E-state index is 5.90. The number of fused-ring (bicyclic) bond motifs is 1. The van der Waals surface area contributed by atoms with Crippen molar-refractivity contribution in [3.05, 3.63) is 88.2 Å². The van der Waals surface area contributed by atoms with Gasteiger partial charge in [0.15, 0.2) is 0 Å². The van der Waals surface area contributed by atoms with Crippen molar-refractivity contribution in [2.45, 2.75) is 66.2 Å². The summed E-state index contributed by atoms with van der Waals surface area (Å²) < 4.78 is 5.90. The maximum absolute atomic E-state index is 5.90. The SMILES string of the molecule is Cc1ccc(C2=Cc3c(ccc(C)c3-c3cc(C(C)(C)C)cc(C(C)(C)C)c3)[CH]2)o1.[Zr]. The van der Waals surface area contributed by atoms with Crippen LogP contribution in [-0.4, -0.2) is 0 Å². The van der Waals surface area contributed by atoms with E-state index < -0.39 is 0 Å². The number of allylic oxidation sites excluding steroid dienone is 1. The number of rotatable bonds is 2. The normalized spacial score (nSPS) is 13.6. The first kappa shape index (κ1) is 24.0. The molecule has 0 saturated carbocycles. The molecule has 0 bridgehead atoms. The van der Waals surface area contributed by atoms with Crippen molar-refractivity contribution in [1.82, 2.24) is 0 Å². The minimum Gasteiger partial charge on any atom is -0.462 e. The van der Waals surface area contributed by atoms with Crippen molar-refractivity contribution in [1.29, 1.82) is 0 Å². The van der Waals surface area contributed by atoms with Crippen LogP contribution >= 0.6 is 0 Å². The summed E-state index contributed by atoms with van der Waals surface area (Å²) in [5, 5.41) is 0. The number of hydrogen-bond donors (Lipinski definition) is 0. The van der Waals surface area contributed by atoms with Crippen molar-refractivity contribution in [3.63, 3.8) is 0 Å². The van der Waals surface area contributed by atoms with Gasteiger partial charge in [-0.15, -0.1) is 0 Å². The molecule has 0 amide bonds. The van der Waals surface area contributed by atoms with Crippen LogP contribution < -0.4 is 0 Å². The van der Waals surface area contributed by atoms with Crippen LogP contribution in [0, 0.1) is 20.3 Å². The van der Waals surface area contributed by atoms with Crippen LogP contribution in [0.15, 0.2) is 46.9 Å². The zero-order valence-corrected chi connectivity index (χ0v) is 22.6. The van der Waals surface area contributed by atoms with Gasteiger partial charge in [-0.1, -0.05) is 71.9 Å². The Kier molecular flexibility index (Phi) is 6.47. The molecule has 1 aliphatic rings. The summed E-state index contributed by atoms with van der Waals surface area (Å²) in [5.41, 5.74) is 10.6. The first-order valence-electron chi connectivity index (χ1n) is 10.9. The van der Waals surface area contributed by atoms with E-state index in [4.69, 9.17) is 4.42 Å². The van der Waals surface area contributed by atoms with Crippen molar-refractivity contribution < 1.29 is 30.6 Å².